The molecule has 0 aliphatic rings. The summed E-state index contributed by atoms with van der Waals surface area (Å²) < 4.78 is 5.45. The van der Waals surface area contributed by atoms with Crippen molar-refractivity contribution in [2.45, 2.75) is 309 Å². The summed E-state index contributed by atoms with van der Waals surface area (Å²) in [5.74, 6) is -0.125. The van der Waals surface area contributed by atoms with Gasteiger partial charge in [0.15, 0.2) is 0 Å². The van der Waals surface area contributed by atoms with Crippen LogP contribution in [-0.2, 0) is 14.3 Å². The third-order valence-electron chi connectivity index (χ3n) is 12.9. The molecule has 6 heteroatoms. The summed E-state index contributed by atoms with van der Waals surface area (Å²) in [6.07, 6.45) is 65.8. The van der Waals surface area contributed by atoms with E-state index in [1.54, 1.807) is 6.08 Å². The Kier molecular flexibility index (Phi) is 52.1. The van der Waals surface area contributed by atoms with Crippen LogP contribution in [0.4, 0.5) is 0 Å². The van der Waals surface area contributed by atoms with Crippen molar-refractivity contribution in [2.24, 2.45) is 0 Å². The number of aliphatic hydroxyl groups is 2. The van der Waals surface area contributed by atoms with Crippen molar-refractivity contribution in [2.75, 3.05) is 13.2 Å². The predicted octanol–water partition coefficient (Wildman–Crippen LogP) is 17.2. The summed E-state index contributed by atoms with van der Waals surface area (Å²) in [5.41, 5.74) is 0. The molecule has 0 radical (unpaired) electrons. The van der Waals surface area contributed by atoms with Gasteiger partial charge in [0, 0.05) is 12.8 Å². The van der Waals surface area contributed by atoms with E-state index >= 15 is 0 Å². The summed E-state index contributed by atoms with van der Waals surface area (Å²) in [5, 5.41) is 23.2. The molecule has 0 aliphatic carbocycles. The Balaban J connectivity index is 3.52. The zero-order valence-electron chi connectivity index (χ0n) is 42.8. The average Bonchev–Trinajstić information content (AvgIpc) is 3.29. The second-order valence-electron chi connectivity index (χ2n) is 19.3. The highest BCUT2D eigenvalue weighted by atomic mass is 16.5. The average molecular weight is 901 g/mol. The van der Waals surface area contributed by atoms with Gasteiger partial charge in [-0.15, -0.1) is 0 Å². The number of allylic oxidation sites excluding steroid dienone is 5. The molecule has 0 aliphatic heterocycles. The Hall–Kier alpha value is -1.92. The van der Waals surface area contributed by atoms with Gasteiger partial charge in [-0.3, -0.25) is 9.59 Å². The van der Waals surface area contributed by atoms with Crippen molar-refractivity contribution >= 4 is 11.9 Å². The lowest BCUT2D eigenvalue weighted by Crippen LogP contribution is -2.45. The first-order valence-electron chi connectivity index (χ1n) is 28.3. The molecule has 0 rings (SSSR count). The molecule has 0 aromatic rings. The quantitative estimate of drug-likeness (QED) is 0.0321. The zero-order chi connectivity index (χ0) is 46.5. The number of unbranched alkanes of at least 4 members (excludes halogenated alkanes) is 37. The number of hydrogen-bond acceptors (Lipinski definition) is 5. The van der Waals surface area contributed by atoms with Crippen molar-refractivity contribution in [3.63, 3.8) is 0 Å². The Morgan fingerprint density at radius 3 is 1.22 bits per heavy atom. The highest BCUT2D eigenvalue weighted by molar-refractivity contribution is 5.76. The van der Waals surface area contributed by atoms with Crippen molar-refractivity contribution < 1.29 is 24.5 Å². The minimum Gasteiger partial charge on any atom is -0.466 e. The van der Waals surface area contributed by atoms with Crippen LogP contribution in [0.5, 0.6) is 0 Å². The van der Waals surface area contributed by atoms with Crippen LogP contribution in [0.25, 0.3) is 0 Å². The molecule has 0 aromatic carbocycles. The predicted molar refractivity (Wildman–Crippen MR) is 278 cm³/mol. The molecule has 64 heavy (non-hydrogen) atoms. The second kappa shape index (κ2) is 53.7. The molecule has 0 aromatic heterocycles. The topological polar surface area (TPSA) is 95.9 Å². The van der Waals surface area contributed by atoms with Gasteiger partial charge >= 0.3 is 5.97 Å². The van der Waals surface area contributed by atoms with Crippen molar-refractivity contribution in [3.05, 3.63) is 36.5 Å². The smallest absolute Gasteiger partial charge is 0.305 e. The normalized spacial score (nSPS) is 12.9. The first kappa shape index (κ1) is 62.1. The van der Waals surface area contributed by atoms with E-state index in [0.29, 0.717) is 19.4 Å². The molecule has 0 saturated carbocycles. The number of amides is 1. The van der Waals surface area contributed by atoms with E-state index in [2.05, 4.69) is 43.5 Å². The van der Waals surface area contributed by atoms with Crippen LogP contribution in [0.3, 0.4) is 0 Å². The number of carbonyl (C=O) groups is 2. The van der Waals surface area contributed by atoms with Crippen molar-refractivity contribution in [1.82, 2.24) is 5.32 Å². The van der Waals surface area contributed by atoms with E-state index in [1.165, 1.54) is 199 Å². The third kappa shape index (κ3) is 49.5. The Labute approximate surface area is 398 Å². The van der Waals surface area contributed by atoms with E-state index in [1.807, 2.05) is 6.08 Å². The summed E-state index contributed by atoms with van der Waals surface area (Å²) in [6, 6.07) is -0.647. The van der Waals surface area contributed by atoms with E-state index in [-0.39, 0.29) is 18.5 Å². The molecule has 3 N–H and O–H groups in total. The maximum atomic E-state index is 12.5. The van der Waals surface area contributed by atoms with E-state index in [9.17, 15) is 19.8 Å². The molecule has 0 saturated heterocycles. The fourth-order valence-electron chi connectivity index (χ4n) is 8.55. The summed E-state index contributed by atoms with van der Waals surface area (Å²) >= 11 is 0. The Morgan fingerprint density at radius 2 is 0.781 bits per heavy atom. The van der Waals surface area contributed by atoms with Crippen LogP contribution >= 0.6 is 0 Å². The minimum absolute atomic E-state index is 0.0346. The largest absolute Gasteiger partial charge is 0.466 e. The molecule has 0 spiro atoms. The van der Waals surface area contributed by atoms with Crippen LogP contribution in [-0.4, -0.2) is 47.4 Å². The van der Waals surface area contributed by atoms with E-state index in [0.717, 1.165) is 70.6 Å². The van der Waals surface area contributed by atoms with Gasteiger partial charge in [-0.25, -0.2) is 0 Å². The van der Waals surface area contributed by atoms with Crippen LogP contribution in [0.1, 0.15) is 296 Å². The van der Waals surface area contributed by atoms with Gasteiger partial charge in [0.2, 0.25) is 5.91 Å². The molecule has 0 fully saturated rings. The number of rotatable bonds is 52. The maximum Gasteiger partial charge on any atom is 0.305 e. The summed E-state index contributed by atoms with van der Waals surface area (Å²) in [7, 11) is 0. The van der Waals surface area contributed by atoms with Crippen LogP contribution < -0.4 is 5.32 Å². The van der Waals surface area contributed by atoms with Gasteiger partial charge in [0.1, 0.15) is 0 Å². The first-order chi connectivity index (χ1) is 31.5. The van der Waals surface area contributed by atoms with Gasteiger partial charge in [-0.05, 0) is 64.2 Å². The molecule has 1 amide bonds. The third-order valence-corrected chi connectivity index (χ3v) is 12.9. The molecule has 0 heterocycles. The highest BCUT2D eigenvalue weighted by Crippen LogP contribution is 2.16. The number of esters is 1. The van der Waals surface area contributed by atoms with E-state index < -0.39 is 12.1 Å². The minimum atomic E-state index is -0.861. The lowest BCUT2D eigenvalue weighted by atomic mass is 10.0. The molecular formula is C58H109NO5. The molecule has 2 atom stereocenters. The van der Waals surface area contributed by atoms with Gasteiger partial charge in [-0.2, -0.15) is 0 Å². The van der Waals surface area contributed by atoms with Gasteiger partial charge in [0.25, 0.3) is 0 Å². The summed E-state index contributed by atoms with van der Waals surface area (Å²) in [4.78, 5) is 24.5. The lowest BCUT2D eigenvalue weighted by Gasteiger charge is -2.20. The number of nitrogens with one attached hydrogen (secondary N) is 1. The molecule has 0 bridgehead atoms. The number of carbonyl (C=O) groups excluding carboxylic acids is 2. The molecule has 6 nitrogen and oxygen atoms in total. The van der Waals surface area contributed by atoms with Crippen molar-refractivity contribution in [1.29, 1.82) is 0 Å². The summed E-state index contributed by atoms with van der Waals surface area (Å²) in [6.45, 7) is 4.83. The Bertz CT molecular complexity index is 1040. The monoisotopic (exact) mass is 900 g/mol. The number of hydrogen-bond donors (Lipinski definition) is 3. The van der Waals surface area contributed by atoms with Crippen LogP contribution in [0.15, 0.2) is 36.5 Å². The molecular weight excluding hydrogens is 791 g/mol. The second-order valence-corrected chi connectivity index (χ2v) is 19.3. The zero-order valence-corrected chi connectivity index (χ0v) is 42.8. The van der Waals surface area contributed by atoms with Crippen LogP contribution in [0, 0.1) is 0 Å². The Morgan fingerprint density at radius 1 is 0.438 bits per heavy atom. The lowest BCUT2D eigenvalue weighted by molar-refractivity contribution is -0.143. The first-order valence-corrected chi connectivity index (χ1v) is 28.3. The molecule has 376 valence electrons. The van der Waals surface area contributed by atoms with Gasteiger partial charge < -0.3 is 20.3 Å². The maximum absolute atomic E-state index is 12.5. The standard InChI is InChI=1S/C58H109NO5/c1-3-5-7-9-11-13-15-17-19-20-21-22-23-24-25-27-28-30-34-38-42-46-50-56(61)55(54-60)59-57(62)51-47-43-39-35-32-33-37-41-45-49-53-64-58(63)52-48-44-40-36-31-29-26-18-16-14-12-10-8-6-4-2/h12,14,18,26,46,50,55-56,60-61H,3-11,13,15-17,19-25,27-45,47-49,51-54H2,1-2H3,(H,59,62)/b14-12-,26-18-,50-46+. The highest BCUT2D eigenvalue weighted by Gasteiger charge is 2.18. The van der Waals surface area contributed by atoms with Crippen LogP contribution in [0.2, 0.25) is 0 Å². The molecule has 2 unspecified atom stereocenters. The van der Waals surface area contributed by atoms with Crippen molar-refractivity contribution in [3.8, 4) is 0 Å². The fourth-order valence-corrected chi connectivity index (χ4v) is 8.55. The number of aliphatic hydroxyl groups excluding tert-OH is 2. The van der Waals surface area contributed by atoms with Gasteiger partial charge in [-0.1, -0.05) is 256 Å². The SMILES string of the molecule is CCCCC/C=C\C/C=C\CCCCCCCC(=O)OCCCCCCCCCCCCC(=O)NC(CO)C(O)/C=C/CCCCCCCCCCCCCCCCCCCCCC. The van der Waals surface area contributed by atoms with Gasteiger partial charge in [0.05, 0.1) is 25.4 Å². The fraction of sp³-hybridized carbons (Fsp3) is 0.862. The van der Waals surface area contributed by atoms with E-state index in [4.69, 9.17) is 4.74 Å². The number of ether oxygens (including phenoxy) is 1.